The molecule has 0 aliphatic heterocycles. The standard InChI is InChI=1S/C19H16F2N6O2/c1-27-8-10(7-24-27)18-17-9(6-23-19(22)26-17)4-11(25-18)14-15(20)12(28-2)5-13(29-3)16(14)21/h4-8H,1-3H3,(H2,22,23,26). The Morgan fingerprint density at radius 2 is 1.69 bits per heavy atom. The summed E-state index contributed by atoms with van der Waals surface area (Å²) in [5.74, 6) is -2.08. The van der Waals surface area contributed by atoms with Gasteiger partial charge in [0.25, 0.3) is 0 Å². The van der Waals surface area contributed by atoms with Crippen molar-refractivity contribution in [3.8, 4) is 34.0 Å². The summed E-state index contributed by atoms with van der Waals surface area (Å²) in [6.07, 6.45) is 4.75. The number of hydrogen-bond donors (Lipinski definition) is 1. The van der Waals surface area contributed by atoms with Gasteiger partial charge in [0.05, 0.1) is 31.7 Å². The molecule has 0 radical (unpaired) electrons. The zero-order chi connectivity index (χ0) is 20.7. The van der Waals surface area contributed by atoms with Crippen LogP contribution in [0.25, 0.3) is 33.4 Å². The van der Waals surface area contributed by atoms with E-state index in [0.29, 0.717) is 22.2 Å². The first-order valence-corrected chi connectivity index (χ1v) is 8.45. The zero-order valence-corrected chi connectivity index (χ0v) is 15.8. The third kappa shape index (κ3) is 3.08. The monoisotopic (exact) mass is 398 g/mol. The number of ether oxygens (including phenoxy) is 2. The van der Waals surface area contributed by atoms with Gasteiger partial charge in [0, 0.05) is 36.5 Å². The number of anilines is 1. The summed E-state index contributed by atoms with van der Waals surface area (Å²) < 4.78 is 41.6. The molecule has 1 aromatic carbocycles. The van der Waals surface area contributed by atoms with Crippen LogP contribution in [0.5, 0.6) is 11.5 Å². The van der Waals surface area contributed by atoms with E-state index in [1.807, 2.05) is 0 Å². The van der Waals surface area contributed by atoms with Crippen LogP contribution in [0.1, 0.15) is 0 Å². The number of nitrogens with two attached hydrogens (primary N) is 1. The largest absolute Gasteiger partial charge is 0.494 e. The highest BCUT2D eigenvalue weighted by Crippen LogP contribution is 2.39. The van der Waals surface area contributed by atoms with Crippen LogP contribution in [0.15, 0.2) is 30.7 Å². The van der Waals surface area contributed by atoms with Crippen molar-refractivity contribution in [3.63, 3.8) is 0 Å². The molecule has 0 bridgehead atoms. The second kappa shape index (κ2) is 6.97. The van der Waals surface area contributed by atoms with Crippen molar-refractivity contribution in [1.82, 2.24) is 24.7 Å². The van der Waals surface area contributed by atoms with Gasteiger partial charge in [-0.15, -0.1) is 0 Å². The molecule has 3 heterocycles. The zero-order valence-electron chi connectivity index (χ0n) is 15.8. The summed E-state index contributed by atoms with van der Waals surface area (Å²) in [5.41, 5.74) is 6.77. The summed E-state index contributed by atoms with van der Waals surface area (Å²) in [6.45, 7) is 0. The minimum absolute atomic E-state index is 0.0249. The Bertz CT molecular complexity index is 1210. The number of nitrogen functional groups attached to an aromatic ring is 1. The maximum absolute atomic E-state index is 15.0. The highest BCUT2D eigenvalue weighted by atomic mass is 19.1. The minimum atomic E-state index is -0.897. The molecule has 29 heavy (non-hydrogen) atoms. The minimum Gasteiger partial charge on any atom is -0.494 e. The Balaban J connectivity index is 2.08. The van der Waals surface area contributed by atoms with Crippen molar-refractivity contribution < 1.29 is 18.3 Å². The average Bonchev–Trinajstić information content (AvgIpc) is 3.14. The first kappa shape index (κ1) is 18.5. The van der Waals surface area contributed by atoms with Gasteiger partial charge in [-0.25, -0.2) is 23.7 Å². The molecule has 0 saturated heterocycles. The van der Waals surface area contributed by atoms with Gasteiger partial charge in [0.1, 0.15) is 11.2 Å². The molecule has 0 fully saturated rings. The summed E-state index contributed by atoms with van der Waals surface area (Å²) >= 11 is 0. The quantitative estimate of drug-likeness (QED) is 0.564. The van der Waals surface area contributed by atoms with E-state index in [-0.39, 0.29) is 28.7 Å². The van der Waals surface area contributed by atoms with Crippen molar-refractivity contribution in [1.29, 1.82) is 0 Å². The maximum atomic E-state index is 15.0. The van der Waals surface area contributed by atoms with E-state index < -0.39 is 11.6 Å². The Labute approximate surface area is 163 Å². The van der Waals surface area contributed by atoms with Crippen LogP contribution < -0.4 is 15.2 Å². The number of halogens is 2. The topological polar surface area (TPSA) is 101 Å². The van der Waals surface area contributed by atoms with Crippen molar-refractivity contribution >= 4 is 16.9 Å². The molecule has 10 heteroatoms. The fraction of sp³-hybridized carbons (Fsp3) is 0.158. The second-order valence-corrected chi connectivity index (χ2v) is 6.21. The van der Waals surface area contributed by atoms with Gasteiger partial charge in [-0.1, -0.05) is 0 Å². The van der Waals surface area contributed by atoms with Crippen LogP contribution in [0, 0.1) is 11.6 Å². The smallest absolute Gasteiger partial charge is 0.220 e. The molecule has 0 aliphatic rings. The molecule has 4 rings (SSSR count). The number of aryl methyl sites for hydroxylation is 1. The lowest BCUT2D eigenvalue weighted by molar-refractivity contribution is 0.359. The number of hydrogen-bond acceptors (Lipinski definition) is 7. The first-order chi connectivity index (χ1) is 13.9. The van der Waals surface area contributed by atoms with Gasteiger partial charge in [-0.2, -0.15) is 5.10 Å². The summed E-state index contributed by atoms with van der Waals surface area (Å²) in [5, 5.41) is 4.63. The number of fused-ring (bicyclic) bond motifs is 1. The van der Waals surface area contributed by atoms with E-state index in [0.717, 1.165) is 6.07 Å². The van der Waals surface area contributed by atoms with Gasteiger partial charge < -0.3 is 15.2 Å². The number of benzene rings is 1. The second-order valence-electron chi connectivity index (χ2n) is 6.21. The third-order valence-electron chi connectivity index (χ3n) is 4.39. The molecular formula is C19H16F2N6O2. The molecule has 2 N–H and O–H groups in total. The third-order valence-corrected chi connectivity index (χ3v) is 4.39. The van der Waals surface area contributed by atoms with E-state index in [1.54, 1.807) is 24.1 Å². The van der Waals surface area contributed by atoms with E-state index >= 15 is 8.78 Å². The predicted molar refractivity (Wildman–Crippen MR) is 102 cm³/mol. The Morgan fingerprint density at radius 1 is 1.00 bits per heavy atom. The van der Waals surface area contributed by atoms with Crippen LogP contribution in [0.4, 0.5) is 14.7 Å². The number of pyridine rings is 1. The van der Waals surface area contributed by atoms with Crippen LogP contribution in [-0.2, 0) is 7.05 Å². The predicted octanol–water partition coefficient (Wildman–Crippen LogP) is 2.97. The molecule has 0 saturated carbocycles. The average molecular weight is 398 g/mol. The molecule has 0 aliphatic carbocycles. The van der Waals surface area contributed by atoms with E-state index in [9.17, 15) is 0 Å². The van der Waals surface area contributed by atoms with Gasteiger partial charge >= 0.3 is 0 Å². The van der Waals surface area contributed by atoms with Crippen molar-refractivity contribution in [2.45, 2.75) is 0 Å². The Kier molecular flexibility index (Phi) is 4.45. The normalized spacial score (nSPS) is 11.1. The van der Waals surface area contributed by atoms with Crippen LogP contribution in [0.3, 0.4) is 0 Å². The number of nitrogens with zero attached hydrogens (tertiary/aromatic N) is 5. The van der Waals surface area contributed by atoms with Gasteiger partial charge in [0.2, 0.25) is 5.95 Å². The highest BCUT2D eigenvalue weighted by Gasteiger charge is 2.24. The molecule has 4 aromatic rings. The molecular weight excluding hydrogens is 382 g/mol. The number of rotatable bonds is 4. The van der Waals surface area contributed by atoms with E-state index in [1.165, 1.54) is 26.5 Å². The summed E-state index contributed by atoms with van der Waals surface area (Å²) in [7, 11) is 4.31. The van der Waals surface area contributed by atoms with Gasteiger partial charge in [0.15, 0.2) is 23.1 Å². The fourth-order valence-corrected chi connectivity index (χ4v) is 3.04. The van der Waals surface area contributed by atoms with Crippen molar-refractivity contribution in [3.05, 3.63) is 42.4 Å². The summed E-state index contributed by atoms with van der Waals surface area (Å²) in [4.78, 5) is 12.7. The van der Waals surface area contributed by atoms with Gasteiger partial charge in [-0.3, -0.25) is 4.68 Å². The molecule has 8 nitrogen and oxygen atoms in total. The Hall–Kier alpha value is -3.82. The number of aromatic nitrogens is 5. The summed E-state index contributed by atoms with van der Waals surface area (Å²) in [6, 6.07) is 2.62. The molecule has 0 unspecified atom stereocenters. The van der Waals surface area contributed by atoms with E-state index in [4.69, 9.17) is 15.2 Å². The molecule has 0 amide bonds. The molecule has 3 aromatic heterocycles. The molecule has 0 spiro atoms. The fourth-order valence-electron chi connectivity index (χ4n) is 3.04. The first-order valence-electron chi connectivity index (χ1n) is 8.45. The lowest BCUT2D eigenvalue weighted by atomic mass is 10.0. The molecule has 148 valence electrons. The lowest BCUT2D eigenvalue weighted by Crippen LogP contribution is -2.02. The lowest BCUT2D eigenvalue weighted by Gasteiger charge is -2.14. The van der Waals surface area contributed by atoms with Crippen molar-refractivity contribution in [2.24, 2.45) is 7.05 Å². The van der Waals surface area contributed by atoms with Crippen LogP contribution in [0.2, 0.25) is 0 Å². The maximum Gasteiger partial charge on any atom is 0.220 e. The molecule has 0 atom stereocenters. The SMILES string of the molecule is COc1cc(OC)c(F)c(-c2cc3cnc(N)nc3c(-c3cnn(C)c3)n2)c1F. The van der Waals surface area contributed by atoms with E-state index in [2.05, 4.69) is 20.1 Å². The highest BCUT2D eigenvalue weighted by molar-refractivity contribution is 5.94. The Morgan fingerprint density at radius 3 is 2.28 bits per heavy atom. The van der Waals surface area contributed by atoms with Crippen LogP contribution in [-0.4, -0.2) is 39.0 Å². The van der Waals surface area contributed by atoms with Gasteiger partial charge in [-0.05, 0) is 6.07 Å². The number of methoxy groups -OCH3 is 2. The van der Waals surface area contributed by atoms with Crippen molar-refractivity contribution in [2.75, 3.05) is 20.0 Å². The van der Waals surface area contributed by atoms with Crippen LogP contribution >= 0.6 is 0 Å².